The van der Waals surface area contributed by atoms with Crippen molar-refractivity contribution in [3.8, 4) is 0 Å². The van der Waals surface area contributed by atoms with E-state index < -0.39 is 17.4 Å². The Labute approximate surface area is 116 Å². The molecule has 0 bridgehead atoms. The number of rotatable bonds is 3. The second-order valence-electron chi connectivity index (χ2n) is 4.68. The van der Waals surface area contributed by atoms with E-state index in [1.807, 2.05) is 32.0 Å². The normalized spacial score (nSPS) is 11.0. The molecule has 0 aliphatic carbocycles. The molecule has 102 valence electrons. The zero-order valence-corrected chi connectivity index (χ0v) is 11.3. The maximum absolute atomic E-state index is 13.5. The summed E-state index contributed by atoms with van der Waals surface area (Å²) in [6.45, 7) is 3.87. The highest BCUT2D eigenvalue weighted by atomic mass is 19.1. The Bertz CT molecular complexity index is 687. The molecule has 0 radical (unpaired) electrons. The van der Waals surface area contributed by atoms with Gasteiger partial charge in [0.15, 0.2) is 5.78 Å². The van der Waals surface area contributed by atoms with Gasteiger partial charge < -0.3 is 0 Å². The number of benzene rings is 2. The van der Waals surface area contributed by atoms with Crippen molar-refractivity contribution >= 4 is 11.9 Å². The minimum absolute atomic E-state index is 0.258. The van der Waals surface area contributed by atoms with Crippen molar-refractivity contribution in [2.75, 3.05) is 0 Å². The molecule has 2 aromatic rings. The average Bonchev–Trinajstić information content (AvgIpc) is 2.42. The highest BCUT2D eigenvalue weighted by Gasteiger charge is 2.10. The van der Waals surface area contributed by atoms with Crippen molar-refractivity contribution in [1.82, 2.24) is 0 Å². The summed E-state index contributed by atoms with van der Waals surface area (Å²) in [6.07, 6.45) is 2.88. The molecule has 0 saturated heterocycles. The first-order chi connectivity index (χ1) is 9.47. The number of ketones is 1. The van der Waals surface area contributed by atoms with Gasteiger partial charge in [0.1, 0.15) is 11.6 Å². The molecule has 0 aromatic heterocycles. The summed E-state index contributed by atoms with van der Waals surface area (Å²) in [4.78, 5) is 11.9. The Morgan fingerprint density at radius 1 is 1.05 bits per heavy atom. The number of allylic oxidation sites excluding steroid dienone is 1. The number of carbonyl (C=O) groups excluding carboxylic acids is 1. The molecule has 0 unspecified atom stereocenters. The van der Waals surface area contributed by atoms with Crippen LogP contribution in [0.15, 0.2) is 42.5 Å². The fraction of sp³-hybridized carbons (Fsp3) is 0.118. The molecule has 20 heavy (non-hydrogen) atoms. The first kappa shape index (κ1) is 14.1. The summed E-state index contributed by atoms with van der Waals surface area (Å²) in [6, 6.07) is 8.70. The van der Waals surface area contributed by atoms with Crippen LogP contribution in [0.5, 0.6) is 0 Å². The molecule has 3 heteroatoms. The van der Waals surface area contributed by atoms with Gasteiger partial charge in [0.05, 0.1) is 5.56 Å². The van der Waals surface area contributed by atoms with Gasteiger partial charge in [-0.25, -0.2) is 8.78 Å². The second-order valence-corrected chi connectivity index (χ2v) is 4.68. The molecule has 2 aromatic carbocycles. The number of carbonyl (C=O) groups is 1. The maximum atomic E-state index is 13.5. The van der Waals surface area contributed by atoms with E-state index in [4.69, 9.17) is 0 Å². The van der Waals surface area contributed by atoms with Crippen molar-refractivity contribution in [2.24, 2.45) is 0 Å². The van der Waals surface area contributed by atoms with Crippen LogP contribution in [0.1, 0.15) is 27.0 Å². The predicted octanol–water partition coefficient (Wildman–Crippen LogP) is 4.48. The van der Waals surface area contributed by atoms with Gasteiger partial charge in [-0.15, -0.1) is 0 Å². The fourth-order valence-electron chi connectivity index (χ4n) is 1.88. The van der Waals surface area contributed by atoms with Gasteiger partial charge in [-0.2, -0.15) is 0 Å². The van der Waals surface area contributed by atoms with Crippen LogP contribution in [0.4, 0.5) is 8.78 Å². The van der Waals surface area contributed by atoms with Gasteiger partial charge >= 0.3 is 0 Å². The highest BCUT2D eigenvalue weighted by Crippen LogP contribution is 2.15. The van der Waals surface area contributed by atoms with Crippen LogP contribution >= 0.6 is 0 Å². The lowest BCUT2D eigenvalue weighted by atomic mass is 10.0. The fourth-order valence-corrected chi connectivity index (χ4v) is 1.88. The highest BCUT2D eigenvalue weighted by molar-refractivity contribution is 6.07. The molecular weight excluding hydrogens is 258 g/mol. The van der Waals surface area contributed by atoms with E-state index in [1.165, 1.54) is 6.08 Å². The third kappa shape index (κ3) is 3.18. The van der Waals surface area contributed by atoms with Crippen LogP contribution in [-0.4, -0.2) is 5.78 Å². The average molecular weight is 272 g/mol. The predicted molar refractivity (Wildman–Crippen MR) is 75.6 cm³/mol. The van der Waals surface area contributed by atoms with Crippen LogP contribution in [0.2, 0.25) is 0 Å². The van der Waals surface area contributed by atoms with E-state index in [-0.39, 0.29) is 5.56 Å². The number of aryl methyl sites for hydroxylation is 2. The monoisotopic (exact) mass is 272 g/mol. The van der Waals surface area contributed by atoms with Crippen molar-refractivity contribution < 1.29 is 13.6 Å². The van der Waals surface area contributed by atoms with E-state index in [0.717, 1.165) is 34.9 Å². The Morgan fingerprint density at radius 2 is 1.80 bits per heavy atom. The Kier molecular flexibility index (Phi) is 4.08. The van der Waals surface area contributed by atoms with Gasteiger partial charge in [-0.3, -0.25) is 4.79 Å². The minimum Gasteiger partial charge on any atom is -0.289 e. The minimum atomic E-state index is -0.720. The molecular formula is C17H14F2O. The summed E-state index contributed by atoms with van der Waals surface area (Å²) in [5, 5.41) is 0. The summed E-state index contributed by atoms with van der Waals surface area (Å²) < 4.78 is 26.5. The molecule has 0 atom stereocenters. The molecule has 0 aliphatic heterocycles. The third-order valence-corrected chi connectivity index (χ3v) is 3.04. The van der Waals surface area contributed by atoms with Crippen LogP contribution in [0.3, 0.4) is 0 Å². The van der Waals surface area contributed by atoms with Gasteiger partial charge in [-0.05, 0) is 49.2 Å². The quantitative estimate of drug-likeness (QED) is 0.595. The van der Waals surface area contributed by atoms with Crippen LogP contribution in [-0.2, 0) is 0 Å². The van der Waals surface area contributed by atoms with Gasteiger partial charge in [-0.1, -0.05) is 29.8 Å². The zero-order valence-electron chi connectivity index (χ0n) is 11.3. The Balaban J connectivity index is 2.29. The van der Waals surface area contributed by atoms with Crippen molar-refractivity contribution in [3.05, 3.63) is 76.4 Å². The van der Waals surface area contributed by atoms with Gasteiger partial charge in [0.2, 0.25) is 0 Å². The maximum Gasteiger partial charge on any atom is 0.188 e. The standard InChI is InChI=1S/C17H14F2O/c1-11-3-4-12(2)13(9-11)5-8-17(20)15-10-14(18)6-7-16(15)19/h3-10H,1-2H3/b8-5+. The number of hydrogen-bond donors (Lipinski definition) is 0. The summed E-state index contributed by atoms with van der Waals surface area (Å²) in [7, 11) is 0. The molecule has 0 saturated carbocycles. The first-order valence-corrected chi connectivity index (χ1v) is 6.22. The van der Waals surface area contributed by atoms with E-state index in [9.17, 15) is 13.6 Å². The lowest BCUT2D eigenvalue weighted by Crippen LogP contribution is -1.99. The van der Waals surface area contributed by atoms with E-state index in [2.05, 4.69) is 0 Å². The molecule has 2 rings (SSSR count). The molecule has 0 spiro atoms. The van der Waals surface area contributed by atoms with Crippen molar-refractivity contribution in [1.29, 1.82) is 0 Å². The van der Waals surface area contributed by atoms with Crippen LogP contribution < -0.4 is 0 Å². The van der Waals surface area contributed by atoms with E-state index in [0.29, 0.717) is 0 Å². The lowest BCUT2D eigenvalue weighted by molar-refractivity contribution is 0.104. The van der Waals surface area contributed by atoms with Crippen LogP contribution in [0.25, 0.3) is 6.08 Å². The van der Waals surface area contributed by atoms with Gasteiger partial charge in [0.25, 0.3) is 0 Å². The van der Waals surface area contributed by atoms with E-state index >= 15 is 0 Å². The molecule has 0 N–H and O–H groups in total. The van der Waals surface area contributed by atoms with Gasteiger partial charge in [0, 0.05) is 0 Å². The van der Waals surface area contributed by atoms with Crippen molar-refractivity contribution in [2.45, 2.75) is 13.8 Å². The number of hydrogen-bond acceptors (Lipinski definition) is 1. The topological polar surface area (TPSA) is 17.1 Å². The molecule has 0 heterocycles. The first-order valence-electron chi connectivity index (χ1n) is 6.22. The second kappa shape index (κ2) is 5.78. The third-order valence-electron chi connectivity index (χ3n) is 3.04. The molecule has 0 amide bonds. The summed E-state index contributed by atoms with van der Waals surface area (Å²) in [5.74, 6) is -1.90. The van der Waals surface area contributed by atoms with Crippen LogP contribution in [0, 0.1) is 25.5 Å². The Morgan fingerprint density at radius 3 is 2.55 bits per heavy atom. The molecule has 0 aliphatic rings. The molecule has 1 nitrogen and oxygen atoms in total. The lowest BCUT2D eigenvalue weighted by Gasteiger charge is -2.02. The molecule has 0 fully saturated rings. The summed E-state index contributed by atoms with van der Waals surface area (Å²) >= 11 is 0. The zero-order chi connectivity index (χ0) is 14.7. The SMILES string of the molecule is Cc1ccc(C)c(/C=C/C(=O)c2cc(F)ccc2F)c1. The van der Waals surface area contributed by atoms with Crippen molar-refractivity contribution in [3.63, 3.8) is 0 Å². The smallest absolute Gasteiger partial charge is 0.188 e. The number of halogens is 2. The Hall–Kier alpha value is -2.29. The van der Waals surface area contributed by atoms with E-state index in [1.54, 1.807) is 6.08 Å². The summed E-state index contributed by atoms with van der Waals surface area (Å²) in [5.41, 5.74) is 2.71. The largest absolute Gasteiger partial charge is 0.289 e.